The normalized spacial score (nSPS) is 13.5. The highest BCUT2D eigenvalue weighted by Crippen LogP contribution is 2.26. The van der Waals surface area contributed by atoms with Crippen LogP contribution in [0.1, 0.15) is 43.2 Å². The number of ether oxygens (including phenoxy) is 2. The van der Waals surface area contributed by atoms with E-state index < -0.39 is 28.6 Å². The summed E-state index contributed by atoms with van der Waals surface area (Å²) in [6.07, 6.45) is 2.65. The second-order valence-corrected chi connectivity index (χ2v) is 12.1. The summed E-state index contributed by atoms with van der Waals surface area (Å²) < 4.78 is 10.7. The fraction of sp³-hybridized carbons (Fsp3) is 0.414. The van der Waals surface area contributed by atoms with E-state index in [0.29, 0.717) is 43.1 Å². The number of para-hydroxylation sites is 2. The van der Waals surface area contributed by atoms with E-state index in [4.69, 9.17) is 9.47 Å². The van der Waals surface area contributed by atoms with Crippen molar-refractivity contribution < 1.29 is 28.8 Å². The number of hydrogen-bond donors (Lipinski definition) is 3. The molecule has 240 valence electrons. The van der Waals surface area contributed by atoms with Gasteiger partial charge in [-0.05, 0) is 62.3 Å². The van der Waals surface area contributed by atoms with Crippen LogP contribution in [0.5, 0.6) is 0 Å². The molecule has 1 aliphatic rings. The molecule has 0 unspecified atom stereocenters. The van der Waals surface area contributed by atoms with E-state index in [2.05, 4.69) is 30.8 Å². The monoisotopic (exact) mass is 640 g/mol. The van der Waals surface area contributed by atoms with Crippen LogP contribution in [0.4, 0.5) is 31.1 Å². The lowest BCUT2D eigenvalue weighted by Gasteiger charge is -2.28. The number of morpholine rings is 1. The maximum absolute atomic E-state index is 13.2. The minimum Gasteiger partial charge on any atom is -0.444 e. The minimum atomic E-state index is -0.686. The number of carbonyl (C=O) groups is 3. The van der Waals surface area contributed by atoms with Crippen LogP contribution in [0, 0.1) is 10.1 Å². The van der Waals surface area contributed by atoms with Crippen molar-refractivity contribution in [2.75, 3.05) is 55.3 Å². The van der Waals surface area contributed by atoms with Crippen molar-refractivity contribution in [3.63, 3.8) is 0 Å². The molecule has 1 aliphatic heterocycles. The Labute approximate surface area is 264 Å². The molecular weight excluding hydrogens is 604 g/mol. The van der Waals surface area contributed by atoms with Crippen molar-refractivity contribution in [3.05, 3.63) is 70.2 Å². The number of amides is 4. The number of carbonyl (C=O) groups excluding carboxylic acids is 3. The number of hydrogen-bond acceptors (Lipinski definition) is 11. The number of thiazole rings is 1. The van der Waals surface area contributed by atoms with Crippen LogP contribution in [-0.4, -0.2) is 87.7 Å². The van der Waals surface area contributed by atoms with E-state index in [-0.39, 0.29) is 22.4 Å². The number of nitro groups is 1. The number of nitrogens with zero attached hydrogens (tertiary/aromatic N) is 5. The summed E-state index contributed by atoms with van der Waals surface area (Å²) in [5, 5.41) is 19.0. The number of pyridine rings is 1. The molecule has 45 heavy (non-hydrogen) atoms. The topological polar surface area (TPSA) is 181 Å². The van der Waals surface area contributed by atoms with Crippen molar-refractivity contribution in [3.8, 4) is 0 Å². The van der Waals surface area contributed by atoms with E-state index in [1.165, 1.54) is 6.20 Å². The third-order valence-electron chi connectivity index (χ3n) is 6.42. The number of rotatable bonds is 11. The number of anilines is 3. The van der Waals surface area contributed by atoms with E-state index in [0.717, 1.165) is 37.2 Å². The van der Waals surface area contributed by atoms with E-state index in [9.17, 15) is 24.5 Å². The first-order chi connectivity index (χ1) is 21.5. The zero-order chi connectivity index (χ0) is 32.4. The zero-order valence-corrected chi connectivity index (χ0v) is 26.1. The SMILES string of the molecule is CC(C)(C)OC(=O)Nc1ccccc1NC(=O)c1ccc(CN(CCCN2CCOCC2)C(=O)Nc2ncc([N+](=O)[O-])s2)cn1. The molecule has 0 aliphatic carbocycles. The van der Waals surface area contributed by atoms with Crippen LogP contribution >= 0.6 is 11.3 Å². The molecule has 0 atom stereocenters. The van der Waals surface area contributed by atoms with Gasteiger partial charge in [-0.25, -0.2) is 14.6 Å². The molecule has 0 bridgehead atoms. The van der Waals surface area contributed by atoms with Crippen molar-refractivity contribution in [1.82, 2.24) is 19.8 Å². The molecule has 3 N–H and O–H groups in total. The lowest BCUT2D eigenvalue weighted by atomic mass is 10.2. The van der Waals surface area contributed by atoms with Gasteiger partial charge in [0.05, 0.1) is 29.5 Å². The first-order valence-electron chi connectivity index (χ1n) is 14.3. The molecule has 1 saturated heterocycles. The van der Waals surface area contributed by atoms with Crippen LogP contribution in [0.3, 0.4) is 0 Å². The summed E-state index contributed by atoms with van der Waals surface area (Å²) in [4.78, 5) is 61.0. The maximum atomic E-state index is 13.2. The average molecular weight is 641 g/mol. The van der Waals surface area contributed by atoms with Crippen LogP contribution < -0.4 is 16.0 Å². The lowest BCUT2D eigenvalue weighted by molar-refractivity contribution is -0.380. The van der Waals surface area contributed by atoms with Gasteiger partial charge in [-0.3, -0.25) is 35.4 Å². The Morgan fingerprint density at radius 1 is 1.04 bits per heavy atom. The molecule has 3 heterocycles. The highest BCUT2D eigenvalue weighted by atomic mass is 32.1. The lowest BCUT2D eigenvalue weighted by Crippen LogP contribution is -2.40. The van der Waals surface area contributed by atoms with Gasteiger partial charge in [0.1, 0.15) is 17.5 Å². The van der Waals surface area contributed by atoms with Crippen LogP contribution in [0.15, 0.2) is 48.8 Å². The molecule has 2 aromatic heterocycles. The summed E-state index contributed by atoms with van der Waals surface area (Å²) in [7, 11) is 0. The van der Waals surface area contributed by atoms with Gasteiger partial charge in [-0.1, -0.05) is 18.2 Å². The maximum Gasteiger partial charge on any atom is 0.412 e. The smallest absolute Gasteiger partial charge is 0.412 e. The van der Waals surface area contributed by atoms with Gasteiger partial charge in [0.2, 0.25) is 0 Å². The second kappa shape index (κ2) is 15.4. The Balaban J connectivity index is 1.40. The predicted octanol–water partition coefficient (Wildman–Crippen LogP) is 4.80. The van der Waals surface area contributed by atoms with Crippen LogP contribution in [-0.2, 0) is 16.0 Å². The Morgan fingerprint density at radius 2 is 1.76 bits per heavy atom. The average Bonchev–Trinajstić information content (AvgIpc) is 3.46. The summed E-state index contributed by atoms with van der Waals surface area (Å²) in [6.45, 7) is 9.60. The summed E-state index contributed by atoms with van der Waals surface area (Å²) in [6, 6.07) is 9.49. The Bertz CT molecular complexity index is 1490. The van der Waals surface area contributed by atoms with Gasteiger partial charge < -0.3 is 19.7 Å². The Hall–Kier alpha value is -4.67. The highest BCUT2D eigenvalue weighted by molar-refractivity contribution is 7.18. The molecule has 0 spiro atoms. The van der Waals surface area contributed by atoms with Crippen molar-refractivity contribution in [2.45, 2.75) is 39.3 Å². The van der Waals surface area contributed by atoms with Crippen molar-refractivity contribution in [1.29, 1.82) is 0 Å². The first kappa shape index (κ1) is 33.2. The fourth-order valence-corrected chi connectivity index (χ4v) is 4.94. The summed E-state index contributed by atoms with van der Waals surface area (Å²) in [5.41, 5.74) is 0.842. The Morgan fingerprint density at radius 3 is 2.38 bits per heavy atom. The molecule has 15 nitrogen and oxygen atoms in total. The van der Waals surface area contributed by atoms with Gasteiger partial charge in [0.15, 0.2) is 5.13 Å². The number of urea groups is 1. The molecule has 16 heteroatoms. The van der Waals surface area contributed by atoms with Gasteiger partial charge in [-0.15, -0.1) is 0 Å². The van der Waals surface area contributed by atoms with E-state index in [1.54, 1.807) is 62.1 Å². The second-order valence-electron chi connectivity index (χ2n) is 11.1. The molecule has 1 aromatic carbocycles. The predicted molar refractivity (Wildman–Crippen MR) is 169 cm³/mol. The number of aromatic nitrogens is 2. The minimum absolute atomic E-state index is 0.122. The van der Waals surface area contributed by atoms with Crippen molar-refractivity contribution in [2.24, 2.45) is 0 Å². The van der Waals surface area contributed by atoms with E-state index in [1.807, 2.05) is 0 Å². The third-order valence-corrected chi connectivity index (χ3v) is 7.29. The van der Waals surface area contributed by atoms with Gasteiger partial charge >= 0.3 is 17.1 Å². The molecule has 0 saturated carbocycles. The summed E-state index contributed by atoms with van der Waals surface area (Å²) in [5.74, 6) is -0.495. The van der Waals surface area contributed by atoms with Crippen LogP contribution in [0.2, 0.25) is 0 Å². The molecule has 4 amide bonds. The third kappa shape index (κ3) is 10.5. The first-order valence-corrected chi connectivity index (χ1v) is 15.1. The zero-order valence-electron chi connectivity index (χ0n) is 25.3. The van der Waals surface area contributed by atoms with E-state index >= 15 is 0 Å². The summed E-state index contributed by atoms with van der Waals surface area (Å²) >= 11 is 0.774. The van der Waals surface area contributed by atoms with Gasteiger partial charge in [0.25, 0.3) is 5.91 Å². The number of nitrogens with one attached hydrogen (secondary N) is 3. The van der Waals surface area contributed by atoms with Gasteiger partial charge in [0, 0.05) is 38.9 Å². The standard InChI is InChI=1S/C29H36N8O7S/c1-29(2,3)44-28(40)33-22-8-5-4-7-21(22)32-25(38)23-10-9-20(17-30-23)19-36(12-6-11-35-13-15-43-16-14-35)27(39)34-26-31-18-24(45-26)37(41)42/h4-5,7-10,17-18H,6,11-16,19H2,1-3H3,(H,32,38)(H,33,40)(H,31,34,39). The Kier molecular flexibility index (Phi) is 11.3. The fourth-order valence-electron chi connectivity index (χ4n) is 4.31. The van der Waals surface area contributed by atoms with Crippen LogP contribution in [0.25, 0.3) is 0 Å². The molecule has 1 fully saturated rings. The quantitative estimate of drug-likeness (QED) is 0.194. The largest absolute Gasteiger partial charge is 0.444 e. The molecule has 3 aromatic rings. The molecule has 4 rings (SSSR count). The molecular formula is C29H36N8O7S. The van der Waals surface area contributed by atoms with Gasteiger partial charge in [-0.2, -0.15) is 0 Å². The molecule has 0 radical (unpaired) electrons. The number of benzene rings is 1. The van der Waals surface area contributed by atoms with Crippen molar-refractivity contribution >= 4 is 50.9 Å². The highest BCUT2D eigenvalue weighted by Gasteiger charge is 2.21.